The molecule has 10 heteroatoms. The smallest absolute Gasteiger partial charge is 0.264 e. The number of sulfonamides is 1. The van der Waals surface area contributed by atoms with Gasteiger partial charge in [-0.25, -0.2) is 8.42 Å². The van der Waals surface area contributed by atoms with Crippen LogP contribution in [0.25, 0.3) is 0 Å². The summed E-state index contributed by atoms with van der Waals surface area (Å²) in [4.78, 5) is 28.1. The highest BCUT2D eigenvalue weighted by Gasteiger charge is 2.33. The van der Waals surface area contributed by atoms with Crippen molar-refractivity contribution in [2.45, 2.75) is 44.3 Å². The van der Waals surface area contributed by atoms with Crippen LogP contribution in [0, 0.1) is 0 Å². The normalized spacial score (nSPS) is 12.2. The zero-order valence-corrected chi connectivity index (χ0v) is 23.1. The van der Waals surface area contributed by atoms with Crippen molar-refractivity contribution in [3.05, 3.63) is 94.5 Å². The molecule has 0 saturated heterocycles. The number of para-hydroxylation sites is 1. The lowest BCUT2D eigenvalue weighted by Gasteiger charge is -2.32. The van der Waals surface area contributed by atoms with Crippen molar-refractivity contribution in [3.8, 4) is 0 Å². The number of carbonyl (C=O) groups excluding carboxylic acids is 2. The SMILES string of the molecule is CC(C)NC(=O)C(C)N(Cc1cccc(Cl)c1)C(=O)CN(c1ccccc1Cl)S(=O)(=O)c1ccccc1. The lowest BCUT2D eigenvalue weighted by Crippen LogP contribution is -2.52. The van der Waals surface area contributed by atoms with Gasteiger partial charge in [-0.1, -0.05) is 65.7 Å². The molecule has 1 unspecified atom stereocenters. The van der Waals surface area contributed by atoms with Crippen molar-refractivity contribution < 1.29 is 18.0 Å². The van der Waals surface area contributed by atoms with E-state index in [9.17, 15) is 18.0 Å². The van der Waals surface area contributed by atoms with Crippen LogP contribution in [0.1, 0.15) is 26.3 Å². The van der Waals surface area contributed by atoms with Crippen molar-refractivity contribution in [3.63, 3.8) is 0 Å². The van der Waals surface area contributed by atoms with E-state index in [0.717, 1.165) is 4.31 Å². The Bertz CT molecular complexity index is 1350. The van der Waals surface area contributed by atoms with E-state index in [-0.39, 0.29) is 34.1 Å². The van der Waals surface area contributed by atoms with Gasteiger partial charge in [-0.3, -0.25) is 13.9 Å². The standard InChI is InChI=1S/C27H29Cl2N3O4S/c1-19(2)30-27(34)20(3)31(17-21-10-9-11-22(28)16-21)26(33)18-32(25-15-8-7-14-24(25)29)37(35,36)23-12-5-4-6-13-23/h4-16,19-20H,17-18H2,1-3H3,(H,30,34). The number of halogens is 2. The molecule has 7 nitrogen and oxygen atoms in total. The van der Waals surface area contributed by atoms with E-state index < -0.39 is 28.5 Å². The summed E-state index contributed by atoms with van der Waals surface area (Å²) in [5.74, 6) is -0.939. The first-order valence-corrected chi connectivity index (χ1v) is 13.9. The number of hydrogen-bond acceptors (Lipinski definition) is 4. The van der Waals surface area contributed by atoms with Gasteiger partial charge in [0.15, 0.2) is 0 Å². The molecule has 0 fully saturated rings. The van der Waals surface area contributed by atoms with Gasteiger partial charge >= 0.3 is 0 Å². The fourth-order valence-corrected chi connectivity index (χ4v) is 5.66. The summed E-state index contributed by atoms with van der Waals surface area (Å²) in [5.41, 5.74) is 0.851. The van der Waals surface area contributed by atoms with E-state index >= 15 is 0 Å². The van der Waals surface area contributed by atoms with E-state index in [2.05, 4.69) is 5.32 Å². The number of anilines is 1. The summed E-state index contributed by atoms with van der Waals surface area (Å²) in [7, 11) is -4.17. The molecule has 0 aromatic heterocycles. The Hall–Kier alpha value is -3.07. The molecule has 0 heterocycles. The second-order valence-corrected chi connectivity index (χ2v) is 11.5. The number of carbonyl (C=O) groups is 2. The van der Waals surface area contributed by atoms with Crippen molar-refractivity contribution in [2.75, 3.05) is 10.8 Å². The molecule has 0 radical (unpaired) electrons. The summed E-state index contributed by atoms with van der Waals surface area (Å²) < 4.78 is 28.4. The topological polar surface area (TPSA) is 86.8 Å². The summed E-state index contributed by atoms with van der Waals surface area (Å²) in [6.07, 6.45) is 0. The Labute approximate surface area is 228 Å². The largest absolute Gasteiger partial charge is 0.352 e. The highest BCUT2D eigenvalue weighted by molar-refractivity contribution is 7.92. The minimum atomic E-state index is -4.17. The Kier molecular flexibility index (Phi) is 9.59. The average molecular weight is 563 g/mol. The molecule has 0 aliphatic carbocycles. The van der Waals surface area contributed by atoms with Crippen LogP contribution in [0.3, 0.4) is 0 Å². The third-order valence-electron chi connectivity index (χ3n) is 5.57. The molecule has 1 N–H and O–H groups in total. The van der Waals surface area contributed by atoms with E-state index in [4.69, 9.17) is 23.2 Å². The van der Waals surface area contributed by atoms with Gasteiger partial charge in [0.05, 0.1) is 15.6 Å². The molecule has 3 aromatic carbocycles. The van der Waals surface area contributed by atoms with Gasteiger partial charge in [-0.2, -0.15) is 0 Å². The molecule has 2 amide bonds. The van der Waals surface area contributed by atoms with Gasteiger partial charge in [-0.15, -0.1) is 0 Å². The van der Waals surface area contributed by atoms with Crippen LogP contribution < -0.4 is 9.62 Å². The van der Waals surface area contributed by atoms with E-state index in [1.807, 2.05) is 13.8 Å². The van der Waals surface area contributed by atoms with Crippen LogP contribution in [-0.4, -0.2) is 43.8 Å². The van der Waals surface area contributed by atoms with Gasteiger partial charge in [0.25, 0.3) is 10.0 Å². The monoisotopic (exact) mass is 561 g/mol. The predicted molar refractivity (Wildman–Crippen MR) is 147 cm³/mol. The second kappa shape index (κ2) is 12.4. The minimum Gasteiger partial charge on any atom is -0.352 e. The number of rotatable bonds is 10. The molecule has 0 saturated carbocycles. The van der Waals surface area contributed by atoms with Crippen LogP contribution in [-0.2, 0) is 26.2 Å². The van der Waals surface area contributed by atoms with Gasteiger partial charge in [0.1, 0.15) is 12.6 Å². The Morgan fingerprint density at radius 3 is 2.16 bits per heavy atom. The number of benzene rings is 3. The number of amides is 2. The van der Waals surface area contributed by atoms with E-state index in [1.165, 1.54) is 23.1 Å². The number of nitrogens with one attached hydrogen (secondary N) is 1. The van der Waals surface area contributed by atoms with Gasteiger partial charge in [-0.05, 0) is 62.7 Å². The lowest BCUT2D eigenvalue weighted by molar-refractivity contribution is -0.139. The molecule has 0 bridgehead atoms. The molecule has 0 spiro atoms. The first kappa shape index (κ1) is 28.5. The molecule has 0 aliphatic heterocycles. The number of nitrogens with zero attached hydrogens (tertiary/aromatic N) is 2. The van der Waals surface area contributed by atoms with Crippen LogP contribution >= 0.6 is 23.2 Å². The molecule has 1 atom stereocenters. The average Bonchev–Trinajstić information content (AvgIpc) is 2.86. The fourth-order valence-electron chi connectivity index (χ4n) is 3.71. The van der Waals surface area contributed by atoms with Crippen LogP contribution in [0.4, 0.5) is 5.69 Å². The summed E-state index contributed by atoms with van der Waals surface area (Å²) in [5, 5.41) is 3.46. The lowest BCUT2D eigenvalue weighted by atomic mass is 10.1. The van der Waals surface area contributed by atoms with E-state index in [1.54, 1.807) is 67.6 Å². The van der Waals surface area contributed by atoms with Gasteiger partial charge < -0.3 is 10.2 Å². The minimum absolute atomic E-state index is 0.00899. The zero-order chi connectivity index (χ0) is 27.2. The van der Waals surface area contributed by atoms with Crippen LogP contribution in [0.2, 0.25) is 10.0 Å². The van der Waals surface area contributed by atoms with Crippen molar-refractivity contribution in [1.29, 1.82) is 0 Å². The summed E-state index contributed by atoms with van der Waals surface area (Å²) in [6, 6.07) is 20.1. The number of hydrogen-bond donors (Lipinski definition) is 1. The van der Waals surface area contributed by atoms with Gasteiger partial charge in [0, 0.05) is 17.6 Å². The fraction of sp³-hybridized carbons (Fsp3) is 0.259. The quantitative estimate of drug-likeness (QED) is 0.371. The van der Waals surface area contributed by atoms with Crippen molar-refractivity contribution in [2.24, 2.45) is 0 Å². The van der Waals surface area contributed by atoms with Crippen LogP contribution in [0.15, 0.2) is 83.8 Å². The third-order valence-corrected chi connectivity index (χ3v) is 7.90. The molecular formula is C27H29Cl2N3O4S. The summed E-state index contributed by atoms with van der Waals surface area (Å²) >= 11 is 12.5. The Balaban J connectivity index is 2.03. The molecule has 196 valence electrons. The van der Waals surface area contributed by atoms with Crippen molar-refractivity contribution >= 4 is 50.7 Å². The molecule has 0 aliphatic rings. The van der Waals surface area contributed by atoms with Crippen molar-refractivity contribution in [1.82, 2.24) is 10.2 Å². The Morgan fingerprint density at radius 1 is 0.892 bits per heavy atom. The van der Waals surface area contributed by atoms with Crippen LogP contribution in [0.5, 0.6) is 0 Å². The maximum atomic E-state index is 13.8. The molecular weight excluding hydrogens is 533 g/mol. The third kappa shape index (κ3) is 7.25. The highest BCUT2D eigenvalue weighted by atomic mass is 35.5. The first-order chi connectivity index (χ1) is 17.5. The maximum absolute atomic E-state index is 13.8. The maximum Gasteiger partial charge on any atom is 0.264 e. The van der Waals surface area contributed by atoms with E-state index in [0.29, 0.717) is 10.6 Å². The Morgan fingerprint density at radius 2 is 1.54 bits per heavy atom. The second-order valence-electron chi connectivity index (χ2n) is 8.77. The first-order valence-electron chi connectivity index (χ1n) is 11.7. The molecule has 3 rings (SSSR count). The molecule has 3 aromatic rings. The summed E-state index contributed by atoms with van der Waals surface area (Å²) in [6.45, 7) is 4.72. The highest BCUT2D eigenvalue weighted by Crippen LogP contribution is 2.30. The van der Waals surface area contributed by atoms with Gasteiger partial charge in [0.2, 0.25) is 11.8 Å². The zero-order valence-electron chi connectivity index (χ0n) is 20.8. The predicted octanol–water partition coefficient (Wildman–Crippen LogP) is 5.13. The molecule has 37 heavy (non-hydrogen) atoms.